The summed E-state index contributed by atoms with van der Waals surface area (Å²) < 4.78 is 2.32. The predicted molar refractivity (Wildman–Crippen MR) is 197 cm³/mol. The van der Waals surface area contributed by atoms with E-state index in [1.54, 1.807) is 0 Å². The molecule has 9 aromatic rings. The molecule has 0 bridgehead atoms. The third-order valence-electron chi connectivity index (χ3n) is 9.44. The molecule has 0 unspecified atom stereocenters. The van der Waals surface area contributed by atoms with Crippen molar-refractivity contribution < 1.29 is 0 Å². The molecule has 0 fully saturated rings. The smallest absolute Gasteiger partial charge is 0.0998 e. The van der Waals surface area contributed by atoms with Crippen molar-refractivity contribution in [2.45, 2.75) is 0 Å². The molecule has 0 N–H and O–H groups in total. The minimum atomic E-state index is 0.650. The molecule has 0 saturated carbocycles. The topological polar surface area (TPSA) is 28.7 Å². The zero-order valence-electron chi connectivity index (χ0n) is 25.6. The molecule has 0 amide bonds. The molecule has 9 rings (SSSR count). The first-order chi connectivity index (χ1) is 23.3. The second-order valence-electron chi connectivity index (χ2n) is 12.0. The SMILES string of the molecule is N#Cc1ccc(-n2c3ccccc3c3ccccc32)cc1-c1ccccc1-c1c2ccccc2c(-c2ccccc2)c2ccccc12. The molecule has 47 heavy (non-hydrogen) atoms. The molecule has 2 nitrogen and oxygen atoms in total. The van der Waals surface area contributed by atoms with E-state index >= 15 is 0 Å². The first-order valence-corrected chi connectivity index (χ1v) is 15.9. The molecule has 8 aromatic carbocycles. The van der Waals surface area contributed by atoms with E-state index in [0.717, 1.165) is 33.4 Å². The van der Waals surface area contributed by atoms with Gasteiger partial charge in [-0.3, -0.25) is 0 Å². The van der Waals surface area contributed by atoms with E-state index in [-0.39, 0.29) is 0 Å². The molecule has 0 aliphatic heterocycles. The maximum absolute atomic E-state index is 10.5. The van der Waals surface area contributed by atoms with Crippen LogP contribution in [0.15, 0.2) is 170 Å². The van der Waals surface area contributed by atoms with Crippen molar-refractivity contribution in [2.24, 2.45) is 0 Å². The quantitative estimate of drug-likeness (QED) is 0.186. The van der Waals surface area contributed by atoms with Crippen molar-refractivity contribution in [1.82, 2.24) is 4.57 Å². The van der Waals surface area contributed by atoms with Crippen molar-refractivity contribution in [2.75, 3.05) is 0 Å². The van der Waals surface area contributed by atoms with Gasteiger partial charge in [-0.15, -0.1) is 0 Å². The highest BCUT2D eigenvalue weighted by Crippen LogP contribution is 2.46. The van der Waals surface area contributed by atoms with Gasteiger partial charge in [-0.2, -0.15) is 5.26 Å². The van der Waals surface area contributed by atoms with E-state index in [1.165, 1.54) is 49.0 Å². The highest BCUT2D eigenvalue weighted by atomic mass is 15.0. The van der Waals surface area contributed by atoms with Gasteiger partial charge >= 0.3 is 0 Å². The number of nitriles is 1. The third-order valence-corrected chi connectivity index (χ3v) is 9.44. The lowest BCUT2D eigenvalue weighted by Crippen LogP contribution is -1.97. The van der Waals surface area contributed by atoms with Crippen LogP contribution >= 0.6 is 0 Å². The molecule has 0 aliphatic carbocycles. The first kappa shape index (κ1) is 26.9. The fourth-order valence-corrected chi connectivity index (χ4v) is 7.46. The number of fused-ring (bicyclic) bond motifs is 5. The first-order valence-electron chi connectivity index (χ1n) is 15.9. The predicted octanol–water partition coefficient (Wildman–Crippen LogP) is 12.0. The Balaban J connectivity index is 1.35. The van der Waals surface area contributed by atoms with Crippen LogP contribution in [0.4, 0.5) is 0 Å². The van der Waals surface area contributed by atoms with Crippen LogP contribution in [0.2, 0.25) is 0 Å². The lowest BCUT2D eigenvalue weighted by atomic mass is 9.83. The Kier molecular flexibility index (Phi) is 6.23. The number of para-hydroxylation sites is 2. The highest BCUT2D eigenvalue weighted by molar-refractivity contribution is 6.22. The Morgan fingerprint density at radius 1 is 0.383 bits per heavy atom. The van der Waals surface area contributed by atoms with Crippen molar-refractivity contribution in [3.05, 3.63) is 175 Å². The van der Waals surface area contributed by atoms with Crippen molar-refractivity contribution >= 4 is 43.4 Å². The lowest BCUT2D eigenvalue weighted by molar-refractivity contribution is 1.18. The van der Waals surface area contributed by atoms with Crippen LogP contribution < -0.4 is 0 Å². The summed E-state index contributed by atoms with van der Waals surface area (Å²) in [5.74, 6) is 0. The summed E-state index contributed by atoms with van der Waals surface area (Å²) >= 11 is 0. The normalized spacial score (nSPS) is 11.4. The average Bonchev–Trinajstić information content (AvgIpc) is 3.48. The largest absolute Gasteiger partial charge is 0.309 e. The zero-order valence-corrected chi connectivity index (χ0v) is 25.6. The minimum absolute atomic E-state index is 0.650. The van der Waals surface area contributed by atoms with Crippen LogP contribution in [0, 0.1) is 11.3 Å². The summed E-state index contributed by atoms with van der Waals surface area (Å²) in [7, 11) is 0. The van der Waals surface area contributed by atoms with Crippen molar-refractivity contribution in [1.29, 1.82) is 5.26 Å². The van der Waals surface area contributed by atoms with Gasteiger partial charge in [-0.05, 0) is 79.7 Å². The van der Waals surface area contributed by atoms with E-state index in [1.807, 2.05) is 6.07 Å². The van der Waals surface area contributed by atoms with E-state index in [2.05, 4.69) is 174 Å². The number of nitrogens with zero attached hydrogens (tertiary/aromatic N) is 2. The molecule has 2 heteroatoms. The molecular weight excluding hydrogens is 569 g/mol. The minimum Gasteiger partial charge on any atom is -0.309 e. The standard InChI is InChI=1S/C45H28N2/c46-29-31-26-27-32(47-42-24-12-10-17-34(42)35-18-11-13-25-43(35)47)28-41(31)33-16-4-5-19-36(33)45-39-22-8-6-20-37(39)44(30-14-2-1-3-15-30)38-21-7-9-23-40(38)45/h1-28H. The second-order valence-corrected chi connectivity index (χ2v) is 12.0. The van der Waals surface area contributed by atoms with Crippen LogP contribution in [0.1, 0.15) is 5.56 Å². The summed E-state index contributed by atoms with van der Waals surface area (Å²) in [6, 6.07) is 62.5. The average molecular weight is 597 g/mol. The van der Waals surface area contributed by atoms with Crippen LogP contribution in [-0.4, -0.2) is 4.57 Å². The molecule has 0 spiro atoms. The highest BCUT2D eigenvalue weighted by Gasteiger charge is 2.20. The molecule has 0 atom stereocenters. The second kappa shape index (κ2) is 10.9. The number of rotatable bonds is 4. The van der Waals surface area contributed by atoms with Crippen LogP contribution in [-0.2, 0) is 0 Å². The molecule has 0 saturated heterocycles. The van der Waals surface area contributed by atoms with E-state index in [0.29, 0.717) is 5.56 Å². The number of aromatic nitrogens is 1. The molecule has 0 aliphatic rings. The van der Waals surface area contributed by atoms with Gasteiger partial charge in [-0.1, -0.05) is 140 Å². The fourth-order valence-electron chi connectivity index (χ4n) is 7.46. The Morgan fingerprint density at radius 2 is 0.851 bits per heavy atom. The summed E-state index contributed by atoms with van der Waals surface area (Å²) in [4.78, 5) is 0. The van der Waals surface area contributed by atoms with Crippen LogP contribution in [0.5, 0.6) is 0 Å². The van der Waals surface area contributed by atoms with E-state index in [4.69, 9.17) is 0 Å². The third kappa shape index (κ3) is 4.18. The molecule has 1 heterocycles. The van der Waals surface area contributed by atoms with Gasteiger partial charge in [0.1, 0.15) is 0 Å². The van der Waals surface area contributed by atoms with Gasteiger partial charge in [0.25, 0.3) is 0 Å². The Labute approximate surface area is 273 Å². The number of hydrogen-bond acceptors (Lipinski definition) is 1. The van der Waals surface area contributed by atoms with Crippen molar-refractivity contribution in [3.63, 3.8) is 0 Å². The van der Waals surface area contributed by atoms with Crippen LogP contribution in [0.25, 0.3) is 82.4 Å². The maximum atomic E-state index is 10.5. The maximum Gasteiger partial charge on any atom is 0.0998 e. The van der Waals surface area contributed by atoms with Gasteiger partial charge < -0.3 is 4.57 Å². The number of hydrogen-bond donors (Lipinski definition) is 0. The van der Waals surface area contributed by atoms with Crippen LogP contribution in [0.3, 0.4) is 0 Å². The van der Waals surface area contributed by atoms with Gasteiger partial charge in [0.2, 0.25) is 0 Å². The van der Waals surface area contributed by atoms with E-state index < -0.39 is 0 Å². The van der Waals surface area contributed by atoms with Gasteiger partial charge in [0.15, 0.2) is 0 Å². The zero-order chi connectivity index (χ0) is 31.3. The monoisotopic (exact) mass is 596 g/mol. The van der Waals surface area contributed by atoms with Gasteiger partial charge in [-0.25, -0.2) is 0 Å². The summed E-state index contributed by atoms with van der Waals surface area (Å²) in [5, 5.41) is 17.7. The molecule has 0 radical (unpaired) electrons. The Morgan fingerprint density at radius 3 is 1.43 bits per heavy atom. The van der Waals surface area contributed by atoms with Gasteiger partial charge in [0.05, 0.1) is 22.7 Å². The Bertz CT molecular complexity index is 2580. The number of benzene rings is 8. The fraction of sp³-hybridized carbons (Fsp3) is 0. The molecule has 218 valence electrons. The molecular formula is C45H28N2. The molecule has 1 aromatic heterocycles. The van der Waals surface area contributed by atoms with E-state index in [9.17, 15) is 5.26 Å². The van der Waals surface area contributed by atoms with Crippen molar-refractivity contribution in [3.8, 4) is 45.1 Å². The Hall–Kier alpha value is -6.43. The lowest BCUT2D eigenvalue weighted by Gasteiger charge is -2.20. The summed E-state index contributed by atoms with van der Waals surface area (Å²) in [5.41, 5.74) is 10.6. The summed E-state index contributed by atoms with van der Waals surface area (Å²) in [6.07, 6.45) is 0. The van der Waals surface area contributed by atoms with Gasteiger partial charge in [0, 0.05) is 22.0 Å². The summed E-state index contributed by atoms with van der Waals surface area (Å²) in [6.45, 7) is 0.